The molecule has 2 rings (SSSR count). The summed E-state index contributed by atoms with van der Waals surface area (Å²) >= 11 is 0. The SMILES string of the molecule is CCNC(=NCC(O)COc1ccc(C(F)(F)F)cc1)N1CCC(C(=O)OCC)CC1. The van der Waals surface area contributed by atoms with E-state index in [2.05, 4.69) is 10.3 Å². The van der Waals surface area contributed by atoms with Crippen molar-refractivity contribution in [3.8, 4) is 5.75 Å². The van der Waals surface area contributed by atoms with Crippen LogP contribution in [0.1, 0.15) is 32.3 Å². The Labute approximate surface area is 180 Å². The van der Waals surface area contributed by atoms with E-state index in [1.165, 1.54) is 12.1 Å². The van der Waals surface area contributed by atoms with Crippen LogP contribution in [0.15, 0.2) is 29.3 Å². The zero-order valence-electron chi connectivity index (χ0n) is 17.8. The molecule has 0 radical (unpaired) electrons. The van der Waals surface area contributed by atoms with Crippen molar-refractivity contribution in [1.29, 1.82) is 0 Å². The Morgan fingerprint density at radius 2 is 1.90 bits per heavy atom. The highest BCUT2D eigenvalue weighted by atomic mass is 19.4. The topological polar surface area (TPSA) is 83.4 Å². The van der Waals surface area contributed by atoms with Crippen LogP contribution >= 0.6 is 0 Å². The smallest absolute Gasteiger partial charge is 0.416 e. The lowest BCUT2D eigenvalue weighted by molar-refractivity contribution is -0.149. The fourth-order valence-corrected chi connectivity index (χ4v) is 3.19. The number of piperidine rings is 1. The average molecular weight is 445 g/mol. The van der Waals surface area contributed by atoms with Crippen LogP contribution in [0.2, 0.25) is 0 Å². The molecule has 1 unspecified atom stereocenters. The van der Waals surface area contributed by atoms with Gasteiger partial charge in [0.05, 0.1) is 24.6 Å². The first-order valence-corrected chi connectivity index (χ1v) is 10.4. The fourth-order valence-electron chi connectivity index (χ4n) is 3.19. The zero-order chi connectivity index (χ0) is 22.9. The molecule has 174 valence electrons. The van der Waals surface area contributed by atoms with Crippen molar-refractivity contribution in [2.45, 2.75) is 39.0 Å². The third-order valence-corrected chi connectivity index (χ3v) is 4.83. The summed E-state index contributed by atoms with van der Waals surface area (Å²) < 4.78 is 48.2. The van der Waals surface area contributed by atoms with Crippen molar-refractivity contribution in [2.75, 3.05) is 39.4 Å². The van der Waals surface area contributed by atoms with E-state index in [1.807, 2.05) is 11.8 Å². The van der Waals surface area contributed by atoms with Crippen LogP contribution in [0, 0.1) is 5.92 Å². The number of hydrogen-bond acceptors (Lipinski definition) is 5. The molecule has 0 aromatic heterocycles. The summed E-state index contributed by atoms with van der Waals surface area (Å²) in [5.41, 5.74) is -0.757. The van der Waals surface area contributed by atoms with Gasteiger partial charge >= 0.3 is 12.1 Å². The summed E-state index contributed by atoms with van der Waals surface area (Å²) in [6.45, 7) is 6.01. The lowest BCUT2D eigenvalue weighted by Gasteiger charge is -2.33. The van der Waals surface area contributed by atoms with Gasteiger partial charge in [-0.2, -0.15) is 13.2 Å². The maximum Gasteiger partial charge on any atom is 0.416 e. The zero-order valence-corrected chi connectivity index (χ0v) is 17.8. The maximum atomic E-state index is 12.6. The summed E-state index contributed by atoms with van der Waals surface area (Å²) in [6, 6.07) is 4.30. The van der Waals surface area contributed by atoms with Crippen molar-refractivity contribution in [1.82, 2.24) is 10.2 Å². The first-order chi connectivity index (χ1) is 14.7. The van der Waals surface area contributed by atoms with Gasteiger partial charge in [0.2, 0.25) is 0 Å². The number of likely N-dealkylation sites (tertiary alicyclic amines) is 1. The van der Waals surface area contributed by atoms with E-state index in [-0.39, 0.29) is 30.8 Å². The van der Waals surface area contributed by atoms with Gasteiger partial charge in [-0.1, -0.05) is 0 Å². The predicted octanol–water partition coefficient (Wildman–Crippen LogP) is 2.69. The Morgan fingerprint density at radius 1 is 1.26 bits per heavy atom. The van der Waals surface area contributed by atoms with Gasteiger partial charge in [0.25, 0.3) is 0 Å². The lowest BCUT2D eigenvalue weighted by Crippen LogP contribution is -2.47. The molecule has 1 aliphatic heterocycles. The van der Waals surface area contributed by atoms with Gasteiger partial charge in [-0.15, -0.1) is 0 Å². The molecular formula is C21H30F3N3O4. The Hall–Kier alpha value is -2.49. The number of alkyl halides is 3. The number of aliphatic hydroxyl groups excluding tert-OH is 1. The van der Waals surface area contributed by atoms with E-state index in [9.17, 15) is 23.1 Å². The Morgan fingerprint density at radius 3 is 2.45 bits per heavy atom. The van der Waals surface area contributed by atoms with Gasteiger partial charge in [0.15, 0.2) is 5.96 Å². The largest absolute Gasteiger partial charge is 0.491 e. The summed E-state index contributed by atoms with van der Waals surface area (Å²) in [5.74, 6) is 0.601. The van der Waals surface area contributed by atoms with Crippen molar-refractivity contribution in [2.24, 2.45) is 10.9 Å². The van der Waals surface area contributed by atoms with E-state index < -0.39 is 17.8 Å². The second-order valence-corrected chi connectivity index (χ2v) is 7.19. The van der Waals surface area contributed by atoms with Gasteiger partial charge in [0.1, 0.15) is 18.5 Å². The van der Waals surface area contributed by atoms with E-state index in [0.717, 1.165) is 12.1 Å². The van der Waals surface area contributed by atoms with Crippen molar-refractivity contribution in [3.05, 3.63) is 29.8 Å². The number of rotatable bonds is 8. The number of hydrogen-bond donors (Lipinski definition) is 2. The number of esters is 1. The maximum absolute atomic E-state index is 12.6. The van der Waals surface area contributed by atoms with Gasteiger partial charge in [-0.05, 0) is 51.0 Å². The molecule has 1 aromatic carbocycles. The minimum absolute atomic E-state index is 0.0702. The number of halogens is 3. The van der Waals surface area contributed by atoms with Gasteiger partial charge in [0, 0.05) is 19.6 Å². The third-order valence-electron chi connectivity index (χ3n) is 4.83. The number of carbonyl (C=O) groups excluding carboxylic acids is 1. The summed E-state index contributed by atoms with van der Waals surface area (Å²) in [6.07, 6.45) is -3.99. The molecule has 0 bridgehead atoms. The Kier molecular flexibility index (Phi) is 9.42. The fraction of sp³-hybridized carbons (Fsp3) is 0.619. The Balaban J connectivity index is 1.84. The molecule has 0 spiro atoms. The molecule has 7 nitrogen and oxygen atoms in total. The first kappa shape index (κ1) is 24.8. The average Bonchev–Trinajstić information content (AvgIpc) is 2.75. The third kappa shape index (κ3) is 7.93. The Bertz CT molecular complexity index is 718. The number of guanidine groups is 1. The number of ether oxygens (including phenoxy) is 2. The molecule has 1 saturated heterocycles. The van der Waals surface area contributed by atoms with Crippen LogP contribution < -0.4 is 10.1 Å². The summed E-state index contributed by atoms with van der Waals surface area (Å²) in [7, 11) is 0. The van der Waals surface area contributed by atoms with Crippen molar-refractivity contribution in [3.63, 3.8) is 0 Å². The molecule has 1 aliphatic rings. The second-order valence-electron chi connectivity index (χ2n) is 7.19. The number of benzene rings is 1. The molecule has 0 aliphatic carbocycles. The molecule has 1 aromatic rings. The predicted molar refractivity (Wildman–Crippen MR) is 110 cm³/mol. The van der Waals surface area contributed by atoms with Crippen LogP contribution in [0.5, 0.6) is 5.75 Å². The minimum Gasteiger partial charge on any atom is -0.491 e. The molecule has 31 heavy (non-hydrogen) atoms. The van der Waals surface area contributed by atoms with Crippen molar-refractivity contribution >= 4 is 11.9 Å². The van der Waals surface area contributed by atoms with E-state index in [4.69, 9.17) is 9.47 Å². The first-order valence-electron chi connectivity index (χ1n) is 10.4. The van der Waals surface area contributed by atoms with E-state index in [1.54, 1.807) is 6.92 Å². The number of nitrogens with one attached hydrogen (secondary N) is 1. The minimum atomic E-state index is -4.40. The quantitative estimate of drug-likeness (QED) is 0.364. The van der Waals surface area contributed by atoms with E-state index in [0.29, 0.717) is 45.0 Å². The number of aliphatic hydroxyl groups is 1. The van der Waals surface area contributed by atoms with Gasteiger partial charge < -0.3 is 24.8 Å². The van der Waals surface area contributed by atoms with Crippen LogP contribution in [0.25, 0.3) is 0 Å². The standard InChI is InChI=1S/C21H30F3N3O4/c1-3-25-20(27-11-9-15(10-12-27)19(29)30-4-2)26-13-17(28)14-31-18-7-5-16(6-8-18)21(22,23)24/h5-8,15,17,28H,3-4,9-14H2,1-2H3,(H,25,26). The molecule has 1 fully saturated rings. The highest BCUT2D eigenvalue weighted by Gasteiger charge is 2.30. The van der Waals surface area contributed by atoms with Gasteiger partial charge in [-0.3, -0.25) is 9.79 Å². The van der Waals surface area contributed by atoms with Crippen LogP contribution in [0.4, 0.5) is 13.2 Å². The highest BCUT2D eigenvalue weighted by Crippen LogP contribution is 2.30. The summed E-state index contributed by atoms with van der Waals surface area (Å²) in [4.78, 5) is 18.4. The monoisotopic (exact) mass is 445 g/mol. The van der Waals surface area contributed by atoms with Crippen molar-refractivity contribution < 1.29 is 32.5 Å². The molecule has 2 N–H and O–H groups in total. The molecule has 0 saturated carbocycles. The molecule has 10 heteroatoms. The normalized spacial score (nSPS) is 16.7. The number of aliphatic imine (C=N–C) groups is 1. The summed E-state index contributed by atoms with van der Waals surface area (Å²) in [5, 5.41) is 13.3. The number of nitrogens with zero attached hydrogens (tertiary/aromatic N) is 2. The van der Waals surface area contributed by atoms with Crippen LogP contribution in [0.3, 0.4) is 0 Å². The highest BCUT2D eigenvalue weighted by molar-refractivity contribution is 5.80. The molecule has 0 amide bonds. The van der Waals surface area contributed by atoms with Gasteiger partial charge in [-0.25, -0.2) is 0 Å². The van der Waals surface area contributed by atoms with Crippen LogP contribution in [-0.4, -0.2) is 67.4 Å². The van der Waals surface area contributed by atoms with E-state index >= 15 is 0 Å². The lowest BCUT2D eigenvalue weighted by atomic mass is 9.97. The van der Waals surface area contributed by atoms with Crippen LogP contribution in [-0.2, 0) is 15.7 Å². The molecule has 1 atom stereocenters. The molecular weight excluding hydrogens is 415 g/mol. The second kappa shape index (κ2) is 11.8. The number of carbonyl (C=O) groups is 1. The molecule has 1 heterocycles.